The normalized spacial score (nSPS) is 11.1. The smallest absolute Gasteiger partial charge is 0.255 e. The van der Waals surface area contributed by atoms with Crippen LogP contribution < -0.4 is 11.1 Å². The van der Waals surface area contributed by atoms with E-state index in [1.807, 2.05) is 0 Å². The van der Waals surface area contributed by atoms with E-state index in [0.717, 1.165) is 6.07 Å². The van der Waals surface area contributed by atoms with Crippen LogP contribution in [-0.2, 0) is 0 Å². The van der Waals surface area contributed by atoms with E-state index in [4.69, 9.17) is 5.73 Å². The van der Waals surface area contributed by atoms with Gasteiger partial charge in [0.05, 0.1) is 17.7 Å². The fraction of sp³-hybridized carbons (Fsp3) is 0.182. The molecule has 3 N–H and O–H groups in total. The Bertz CT molecular complexity index is 543. The van der Waals surface area contributed by atoms with Gasteiger partial charge in [0, 0.05) is 17.3 Å². The molecule has 0 aliphatic heterocycles. The number of nitrogen functional groups attached to an aromatic ring is 1. The van der Waals surface area contributed by atoms with E-state index in [-0.39, 0.29) is 16.9 Å². The number of aromatic nitrogens is 1. The first-order chi connectivity index (χ1) is 8.09. The Morgan fingerprint density at radius 2 is 2.18 bits per heavy atom. The van der Waals surface area contributed by atoms with Crippen molar-refractivity contribution in [2.45, 2.75) is 6.43 Å². The number of hydrogen-bond acceptors (Lipinski definition) is 3. The Balaban J connectivity index is 2.53. The number of anilines is 2. The number of alkyl halides is 2. The van der Waals surface area contributed by atoms with E-state index in [0.29, 0.717) is 5.39 Å². The first-order valence-electron chi connectivity index (χ1n) is 4.94. The quantitative estimate of drug-likeness (QED) is 0.812. The number of pyridine rings is 1. The van der Waals surface area contributed by atoms with E-state index in [2.05, 4.69) is 10.3 Å². The molecule has 6 heteroatoms. The molecule has 1 aromatic heterocycles. The van der Waals surface area contributed by atoms with Crippen molar-refractivity contribution in [2.24, 2.45) is 0 Å². The molecule has 90 valence electrons. The summed E-state index contributed by atoms with van der Waals surface area (Å²) in [4.78, 5) is 3.95. The second-order valence-electron chi connectivity index (χ2n) is 3.49. The number of rotatable bonds is 3. The maximum Gasteiger partial charge on any atom is 0.255 e. The van der Waals surface area contributed by atoms with Crippen molar-refractivity contribution in [3.8, 4) is 0 Å². The maximum atomic E-state index is 13.6. The first kappa shape index (κ1) is 11.5. The fourth-order valence-corrected chi connectivity index (χ4v) is 1.58. The highest BCUT2D eigenvalue weighted by Crippen LogP contribution is 2.29. The second kappa shape index (κ2) is 4.48. The summed E-state index contributed by atoms with van der Waals surface area (Å²) in [7, 11) is 0. The second-order valence-corrected chi connectivity index (χ2v) is 3.49. The molecular formula is C11H10F3N3. The van der Waals surface area contributed by atoms with Crippen LogP contribution in [0.15, 0.2) is 24.4 Å². The summed E-state index contributed by atoms with van der Waals surface area (Å²) < 4.78 is 37.8. The van der Waals surface area contributed by atoms with Crippen LogP contribution in [0.25, 0.3) is 10.9 Å². The third-order valence-electron chi connectivity index (χ3n) is 2.31. The minimum Gasteiger partial charge on any atom is -0.398 e. The van der Waals surface area contributed by atoms with Crippen molar-refractivity contribution >= 4 is 22.3 Å². The molecule has 0 amide bonds. The number of nitrogens with zero attached hydrogens (tertiary/aromatic N) is 1. The number of fused-ring (bicyclic) bond motifs is 1. The Hall–Kier alpha value is -1.98. The van der Waals surface area contributed by atoms with Gasteiger partial charge in [-0.05, 0) is 18.2 Å². The third kappa shape index (κ3) is 2.25. The lowest BCUT2D eigenvalue weighted by molar-refractivity contribution is 0.163. The number of halogens is 3. The van der Waals surface area contributed by atoms with Crippen LogP contribution in [0.2, 0.25) is 0 Å². The van der Waals surface area contributed by atoms with E-state index >= 15 is 0 Å². The summed E-state index contributed by atoms with van der Waals surface area (Å²) in [5.74, 6) is -0.686. The Morgan fingerprint density at radius 3 is 2.88 bits per heavy atom. The van der Waals surface area contributed by atoms with Gasteiger partial charge in [-0.2, -0.15) is 0 Å². The predicted molar refractivity (Wildman–Crippen MR) is 60.6 cm³/mol. The monoisotopic (exact) mass is 241 g/mol. The van der Waals surface area contributed by atoms with Crippen molar-refractivity contribution in [2.75, 3.05) is 17.6 Å². The number of benzene rings is 1. The first-order valence-corrected chi connectivity index (χ1v) is 4.94. The molecule has 2 aromatic rings. The van der Waals surface area contributed by atoms with Gasteiger partial charge in [-0.3, -0.25) is 4.98 Å². The Kier molecular flexibility index (Phi) is 3.03. The summed E-state index contributed by atoms with van der Waals surface area (Å²) in [6.07, 6.45) is -1.11. The molecule has 0 aliphatic rings. The van der Waals surface area contributed by atoms with Crippen LogP contribution in [0, 0.1) is 5.82 Å². The van der Waals surface area contributed by atoms with Gasteiger partial charge in [0.15, 0.2) is 5.82 Å². The molecule has 0 radical (unpaired) electrons. The maximum absolute atomic E-state index is 13.6. The van der Waals surface area contributed by atoms with E-state index in [9.17, 15) is 13.2 Å². The molecular weight excluding hydrogens is 231 g/mol. The molecule has 0 saturated carbocycles. The molecule has 0 fully saturated rings. The predicted octanol–water partition coefficient (Wildman–Crippen LogP) is 2.63. The molecule has 0 aliphatic carbocycles. The molecule has 1 aromatic carbocycles. The largest absolute Gasteiger partial charge is 0.398 e. The van der Waals surface area contributed by atoms with Gasteiger partial charge in [-0.1, -0.05) is 0 Å². The van der Waals surface area contributed by atoms with Crippen molar-refractivity contribution in [3.63, 3.8) is 0 Å². The van der Waals surface area contributed by atoms with Crippen LogP contribution in [-0.4, -0.2) is 18.0 Å². The minimum absolute atomic E-state index is 0.0462. The number of hydrogen-bond donors (Lipinski definition) is 2. The molecule has 2 rings (SSSR count). The summed E-state index contributed by atoms with van der Waals surface area (Å²) in [6, 6.07) is 4.40. The molecule has 0 spiro atoms. The van der Waals surface area contributed by atoms with Gasteiger partial charge in [0.25, 0.3) is 6.43 Å². The van der Waals surface area contributed by atoms with Crippen LogP contribution in [0.4, 0.5) is 24.5 Å². The summed E-state index contributed by atoms with van der Waals surface area (Å²) in [5, 5.41) is 2.87. The lowest BCUT2D eigenvalue weighted by atomic mass is 10.1. The molecule has 17 heavy (non-hydrogen) atoms. The highest BCUT2D eigenvalue weighted by Gasteiger charge is 2.13. The van der Waals surface area contributed by atoms with E-state index in [1.165, 1.54) is 6.20 Å². The topological polar surface area (TPSA) is 50.9 Å². The molecule has 1 heterocycles. The minimum atomic E-state index is -2.56. The molecule has 0 saturated heterocycles. The summed E-state index contributed by atoms with van der Waals surface area (Å²) >= 11 is 0. The summed E-state index contributed by atoms with van der Waals surface area (Å²) in [6.45, 7) is -0.632. The van der Waals surface area contributed by atoms with Gasteiger partial charge in [0.1, 0.15) is 0 Å². The van der Waals surface area contributed by atoms with Crippen LogP contribution in [0.5, 0.6) is 0 Å². The van der Waals surface area contributed by atoms with Gasteiger partial charge >= 0.3 is 0 Å². The average molecular weight is 241 g/mol. The van der Waals surface area contributed by atoms with E-state index < -0.39 is 18.8 Å². The van der Waals surface area contributed by atoms with E-state index in [1.54, 1.807) is 12.1 Å². The lowest BCUT2D eigenvalue weighted by Gasteiger charge is -2.11. The van der Waals surface area contributed by atoms with Crippen LogP contribution in [0.3, 0.4) is 0 Å². The van der Waals surface area contributed by atoms with Crippen molar-refractivity contribution in [1.82, 2.24) is 4.98 Å². The Morgan fingerprint density at radius 1 is 1.41 bits per heavy atom. The number of nitrogens with one attached hydrogen (secondary N) is 1. The van der Waals surface area contributed by atoms with Crippen LogP contribution >= 0.6 is 0 Å². The van der Waals surface area contributed by atoms with Crippen LogP contribution in [0.1, 0.15) is 0 Å². The van der Waals surface area contributed by atoms with Gasteiger partial charge in [0.2, 0.25) is 0 Å². The Labute approximate surface area is 95.4 Å². The number of nitrogens with two attached hydrogens (primary N) is 1. The molecule has 0 bridgehead atoms. The van der Waals surface area contributed by atoms with Crippen molar-refractivity contribution < 1.29 is 13.2 Å². The van der Waals surface area contributed by atoms with Gasteiger partial charge in [-0.15, -0.1) is 0 Å². The fourth-order valence-electron chi connectivity index (χ4n) is 1.58. The third-order valence-corrected chi connectivity index (χ3v) is 2.31. The van der Waals surface area contributed by atoms with Gasteiger partial charge < -0.3 is 11.1 Å². The van der Waals surface area contributed by atoms with Crippen molar-refractivity contribution in [3.05, 3.63) is 30.2 Å². The zero-order valence-electron chi connectivity index (χ0n) is 8.75. The zero-order valence-corrected chi connectivity index (χ0v) is 8.75. The molecule has 0 atom stereocenters. The SMILES string of the molecule is Nc1cc(F)c(NCC(F)F)c2ncccc12. The lowest BCUT2D eigenvalue weighted by Crippen LogP contribution is -2.12. The molecule has 3 nitrogen and oxygen atoms in total. The van der Waals surface area contributed by atoms with Crippen molar-refractivity contribution in [1.29, 1.82) is 0 Å². The standard InChI is InChI=1S/C11H10F3N3/c12-7-4-8(15)6-2-1-3-16-10(6)11(7)17-5-9(13)14/h1-4,9,17H,5,15H2. The van der Waals surface area contributed by atoms with Gasteiger partial charge in [-0.25, -0.2) is 13.2 Å². The zero-order chi connectivity index (χ0) is 12.4. The highest BCUT2D eigenvalue weighted by atomic mass is 19.3. The molecule has 0 unspecified atom stereocenters. The average Bonchev–Trinajstić information content (AvgIpc) is 2.28. The highest BCUT2D eigenvalue weighted by molar-refractivity contribution is 5.98. The summed E-state index contributed by atoms with van der Waals surface area (Å²) in [5.41, 5.74) is 6.06.